The zero-order chi connectivity index (χ0) is 10.1. The fourth-order valence-electron chi connectivity index (χ4n) is 1.34. The fourth-order valence-corrected chi connectivity index (χ4v) is 1.99. The van der Waals surface area contributed by atoms with Crippen molar-refractivity contribution in [2.24, 2.45) is 0 Å². The van der Waals surface area contributed by atoms with Crippen molar-refractivity contribution in [3.63, 3.8) is 0 Å². The Bertz CT molecular complexity index is 433. The largest absolute Gasteiger partial charge is 0.419 e. The van der Waals surface area contributed by atoms with E-state index in [1.165, 1.54) is 12.8 Å². The second-order valence-corrected chi connectivity index (χ2v) is 4.58. The molecule has 0 unspecified atom stereocenters. The van der Waals surface area contributed by atoms with Crippen LogP contribution in [0.15, 0.2) is 21.9 Å². The van der Waals surface area contributed by atoms with Gasteiger partial charge in [-0.25, -0.2) is 0 Å². The number of nitrogens with zero attached hydrogens (tertiary/aromatic N) is 2. The molecule has 1 saturated carbocycles. The smallest absolute Gasteiger partial charge is 0.257 e. The van der Waals surface area contributed by atoms with Gasteiger partial charge in [0.05, 0.1) is 11.4 Å². The minimum absolute atomic E-state index is 0.623. The quantitative estimate of drug-likeness (QED) is 0.858. The summed E-state index contributed by atoms with van der Waals surface area (Å²) < 4.78 is 5.53. The number of hydrogen-bond acceptors (Lipinski definition) is 5. The van der Waals surface area contributed by atoms with Crippen molar-refractivity contribution in [3.8, 4) is 10.8 Å². The van der Waals surface area contributed by atoms with Crippen LogP contribution in [-0.2, 0) is 6.54 Å². The van der Waals surface area contributed by atoms with Gasteiger partial charge in [-0.1, -0.05) is 6.07 Å². The maximum atomic E-state index is 5.53. The molecule has 1 aliphatic rings. The summed E-state index contributed by atoms with van der Waals surface area (Å²) in [4.78, 5) is 1.03. The highest BCUT2D eigenvalue weighted by Crippen LogP contribution is 2.23. The molecule has 2 aromatic rings. The van der Waals surface area contributed by atoms with Crippen LogP contribution in [0.2, 0.25) is 0 Å². The number of nitrogens with one attached hydrogen (secondary N) is 1. The third kappa shape index (κ3) is 2.08. The summed E-state index contributed by atoms with van der Waals surface area (Å²) in [5, 5.41) is 13.4. The van der Waals surface area contributed by atoms with Crippen LogP contribution in [0.25, 0.3) is 10.8 Å². The molecule has 0 radical (unpaired) electrons. The number of thiophene rings is 1. The molecular weight excluding hydrogens is 210 g/mol. The van der Waals surface area contributed by atoms with Crippen molar-refractivity contribution in [2.75, 3.05) is 0 Å². The van der Waals surface area contributed by atoms with Crippen LogP contribution in [0.3, 0.4) is 0 Å². The number of rotatable bonds is 4. The Balaban J connectivity index is 1.69. The minimum Gasteiger partial charge on any atom is -0.419 e. The molecule has 0 aliphatic heterocycles. The first kappa shape index (κ1) is 9.06. The van der Waals surface area contributed by atoms with Gasteiger partial charge in [0, 0.05) is 6.04 Å². The Kier molecular flexibility index (Phi) is 2.26. The average Bonchev–Trinajstić information content (AvgIpc) is 2.78. The van der Waals surface area contributed by atoms with E-state index in [1.54, 1.807) is 11.3 Å². The van der Waals surface area contributed by atoms with E-state index in [2.05, 4.69) is 15.5 Å². The topological polar surface area (TPSA) is 51.0 Å². The molecule has 0 saturated heterocycles. The van der Waals surface area contributed by atoms with Crippen LogP contribution in [0.5, 0.6) is 0 Å². The fraction of sp³-hybridized carbons (Fsp3) is 0.400. The third-order valence-corrected chi connectivity index (χ3v) is 3.18. The molecule has 2 aromatic heterocycles. The van der Waals surface area contributed by atoms with Crippen molar-refractivity contribution in [1.82, 2.24) is 15.5 Å². The van der Waals surface area contributed by atoms with E-state index in [9.17, 15) is 0 Å². The maximum Gasteiger partial charge on any atom is 0.257 e. The van der Waals surface area contributed by atoms with Crippen molar-refractivity contribution in [2.45, 2.75) is 25.4 Å². The van der Waals surface area contributed by atoms with Gasteiger partial charge in [0.25, 0.3) is 5.89 Å². The molecule has 0 bridgehead atoms. The lowest BCUT2D eigenvalue weighted by Gasteiger charge is -1.95. The molecule has 4 nitrogen and oxygen atoms in total. The Morgan fingerprint density at radius 3 is 3.13 bits per heavy atom. The van der Waals surface area contributed by atoms with Gasteiger partial charge in [-0.05, 0) is 24.3 Å². The van der Waals surface area contributed by atoms with E-state index in [0.29, 0.717) is 24.4 Å². The summed E-state index contributed by atoms with van der Waals surface area (Å²) in [5.74, 6) is 1.29. The van der Waals surface area contributed by atoms with E-state index in [4.69, 9.17) is 4.42 Å². The van der Waals surface area contributed by atoms with Crippen LogP contribution in [0, 0.1) is 0 Å². The van der Waals surface area contributed by atoms with E-state index in [-0.39, 0.29) is 0 Å². The highest BCUT2D eigenvalue weighted by molar-refractivity contribution is 7.13. The monoisotopic (exact) mass is 221 g/mol. The van der Waals surface area contributed by atoms with Crippen molar-refractivity contribution in [3.05, 3.63) is 23.4 Å². The van der Waals surface area contributed by atoms with Gasteiger partial charge in [-0.2, -0.15) is 0 Å². The van der Waals surface area contributed by atoms with Gasteiger partial charge in [0.1, 0.15) is 0 Å². The van der Waals surface area contributed by atoms with Gasteiger partial charge in [-0.15, -0.1) is 21.5 Å². The predicted molar refractivity (Wildman–Crippen MR) is 57.5 cm³/mol. The molecule has 0 spiro atoms. The lowest BCUT2D eigenvalue weighted by atomic mass is 10.5. The van der Waals surface area contributed by atoms with Crippen LogP contribution in [0.1, 0.15) is 18.7 Å². The standard InChI is InChI=1S/C10H11N3OS/c1-2-8(15-5-1)10-13-12-9(14-10)6-11-7-3-4-7/h1-2,5,7,11H,3-4,6H2. The molecule has 0 aromatic carbocycles. The Morgan fingerprint density at radius 1 is 1.47 bits per heavy atom. The third-order valence-electron chi connectivity index (χ3n) is 2.32. The van der Waals surface area contributed by atoms with Crippen molar-refractivity contribution >= 4 is 11.3 Å². The molecule has 1 aliphatic carbocycles. The van der Waals surface area contributed by atoms with Crippen molar-refractivity contribution in [1.29, 1.82) is 0 Å². The van der Waals surface area contributed by atoms with E-state index >= 15 is 0 Å². The van der Waals surface area contributed by atoms with Gasteiger partial charge in [0.2, 0.25) is 5.89 Å². The summed E-state index contributed by atoms with van der Waals surface area (Å²) >= 11 is 1.61. The van der Waals surface area contributed by atoms with E-state index < -0.39 is 0 Å². The van der Waals surface area contributed by atoms with E-state index in [1.807, 2.05) is 17.5 Å². The summed E-state index contributed by atoms with van der Waals surface area (Å²) in [6.45, 7) is 0.684. The van der Waals surface area contributed by atoms with Crippen molar-refractivity contribution < 1.29 is 4.42 Å². The number of hydrogen-bond donors (Lipinski definition) is 1. The Morgan fingerprint density at radius 2 is 2.40 bits per heavy atom. The Labute approximate surface area is 91.3 Å². The number of aromatic nitrogens is 2. The zero-order valence-corrected chi connectivity index (χ0v) is 8.96. The first-order valence-electron chi connectivity index (χ1n) is 5.01. The summed E-state index contributed by atoms with van der Waals surface area (Å²) in [5.41, 5.74) is 0. The Hall–Kier alpha value is -1.20. The zero-order valence-electron chi connectivity index (χ0n) is 8.14. The highest BCUT2D eigenvalue weighted by atomic mass is 32.1. The SMILES string of the molecule is c1csc(-c2nnc(CNC3CC3)o2)c1. The average molecular weight is 221 g/mol. The molecule has 1 fully saturated rings. The van der Waals surface area contributed by atoms with Gasteiger partial charge in [0.15, 0.2) is 0 Å². The normalized spacial score (nSPS) is 15.7. The predicted octanol–water partition coefficient (Wildman–Crippen LogP) is 2.05. The summed E-state index contributed by atoms with van der Waals surface area (Å²) in [6, 6.07) is 4.63. The molecule has 5 heteroatoms. The molecule has 78 valence electrons. The van der Waals surface area contributed by atoms with E-state index in [0.717, 1.165) is 4.88 Å². The molecule has 1 N–H and O–H groups in total. The van der Waals surface area contributed by atoms with Gasteiger partial charge in [-0.3, -0.25) is 0 Å². The second-order valence-electron chi connectivity index (χ2n) is 3.63. The summed E-state index contributed by atoms with van der Waals surface area (Å²) in [6.07, 6.45) is 2.54. The lowest BCUT2D eigenvalue weighted by Crippen LogP contribution is -2.15. The van der Waals surface area contributed by atoms with Crippen LogP contribution in [0.4, 0.5) is 0 Å². The van der Waals surface area contributed by atoms with Gasteiger partial charge >= 0.3 is 0 Å². The minimum atomic E-state index is 0.623. The second kappa shape index (κ2) is 3.75. The highest BCUT2D eigenvalue weighted by Gasteiger charge is 2.21. The first-order valence-corrected chi connectivity index (χ1v) is 5.89. The molecule has 2 heterocycles. The molecular formula is C10H11N3OS. The molecule has 15 heavy (non-hydrogen) atoms. The summed E-state index contributed by atoms with van der Waals surface area (Å²) in [7, 11) is 0. The van der Waals surface area contributed by atoms with Crippen LogP contribution in [-0.4, -0.2) is 16.2 Å². The molecule has 0 atom stereocenters. The van der Waals surface area contributed by atoms with Gasteiger partial charge < -0.3 is 9.73 Å². The van der Waals surface area contributed by atoms with Crippen LogP contribution >= 0.6 is 11.3 Å². The molecule has 0 amide bonds. The maximum absolute atomic E-state index is 5.53. The molecule has 3 rings (SSSR count). The first-order chi connectivity index (χ1) is 7.42. The van der Waals surface area contributed by atoms with Crippen LogP contribution < -0.4 is 5.32 Å². The lowest BCUT2D eigenvalue weighted by molar-refractivity contribution is 0.477.